The summed E-state index contributed by atoms with van der Waals surface area (Å²) >= 11 is 0. The number of fused-ring (bicyclic) bond motifs is 1. The van der Waals surface area contributed by atoms with Crippen LogP contribution in [0.1, 0.15) is 23.0 Å². The van der Waals surface area contributed by atoms with Gasteiger partial charge >= 0.3 is 0 Å². The number of benzene rings is 1. The van der Waals surface area contributed by atoms with Crippen LogP contribution in [0.2, 0.25) is 0 Å². The van der Waals surface area contributed by atoms with Crippen LogP contribution in [0.25, 0.3) is 10.9 Å². The molecule has 1 aliphatic rings. The van der Waals surface area contributed by atoms with Gasteiger partial charge in [-0.15, -0.1) is 0 Å². The molecule has 116 valence electrons. The second-order valence-corrected chi connectivity index (χ2v) is 5.61. The highest BCUT2D eigenvalue weighted by Crippen LogP contribution is 2.24. The van der Waals surface area contributed by atoms with Crippen molar-refractivity contribution >= 4 is 22.7 Å². The standard InChI is InChI=1S/C16H18FN3O2/c1-10-15(13-4-3-12(17)9-14(13)18-10)16(22)20-7-5-19(6-8-20)11(2)21/h3-4,9,18H,5-8H2,1-2H3. The first-order valence-corrected chi connectivity index (χ1v) is 7.30. The molecule has 1 fully saturated rings. The van der Waals surface area contributed by atoms with Crippen molar-refractivity contribution in [3.63, 3.8) is 0 Å². The minimum atomic E-state index is -0.331. The summed E-state index contributed by atoms with van der Waals surface area (Å²) in [6, 6.07) is 4.39. The van der Waals surface area contributed by atoms with Crippen molar-refractivity contribution in [1.82, 2.24) is 14.8 Å². The highest BCUT2D eigenvalue weighted by molar-refractivity contribution is 6.08. The second-order valence-electron chi connectivity index (χ2n) is 5.61. The van der Waals surface area contributed by atoms with Gasteiger partial charge in [-0.1, -0.05) is 0 Å². The number of carbonyl (C=O) groups excluding carboxylic acids is 2. The first kappa shape index (κ1) is 14.6. The molecule has 0 unspecified atom stereocenters. The van der Waals surface area contributed by atoms with Gasteiger partial charge in [-0.05, 0) is 25.1 Å². The number of aromatic amines is 1. The van der Waals surface area contributed by atoms with Gasteiger partial charge in [0.05, 0.1) is 5.56 Å². The predicted molar refractivity (Wildman–Crippen MR) is 81.2 cm³/mol. The molecule has 6 heteroatoms. The molecule has 1 aromatic heterocycles. The molecular weight excluding hydrogens is 285 g/mol. The van der Waals surface area contributed by atoms with Crippen LogP contribution in [0.5, 0.6) is 0 Å². The molecule has 1 aromatic carbocycles. The van der Waals surface area contributed by atoms with Crippen molar-refractivity contribution in [2.75, 3.05) is 26.2 Å². The van der Waals surface area contributed by atoms with E-state index in [0.29, 0.717) is 37.3 Å². The Morgan fingerprint density at radius 1 is 1.14 bits per heavy atom. The summed E-state index contributed by atoms with van der Waals surface area (Å²) in [5.74, 6) is -0.368. The highest BCUT2D eigenvalue weighted by atomic mass is 19.1. The quantitative estimate of drug-likeness (QED) is 0.875. The first-order chi connectivity index (χ1) is 10.5. The summed E-state index contributed by atoms with van der Waals surface area (Å²) in [5, 5.41) is 0.734. The number of carbonyl (C=O) groups is 2. The lowest BCUT2D eigenvalue weighted by molar-refractivity contribution is -0.130. The summed E-state index contributed by atoms with van der Waals surface area (Å²) in [4.78, 5) is 30.7. The Kier molecular flexibility index (Phi) is 3.60. The van der Waals surface area contributed by atoms with Crippen LogP contribution in [0.4, 0.5) is 4.39 Å². The lowest BCUT2D eigenvalue weighted by Crippen LogP contribution is -2.50. The fourth-order valence-corrected chi connectivity index (χ4v) is 2.96. The van der Waals surface area contributed by atoms with Crippen LogP contribution < -0.4 is 0 Å². The Morgan fingerprint density at radius 3 is 2.41 bits per heavy atom. The third-order valence-corrected chi connectivity index (χ3v) is 4.17. The topological polar surface area (TPSA) is 56.4 Å². The largest absolute Gasteiger partial charge is 0.358 e. The number of hydrogen-bond acceptors (Lipinski definition) is 2. The average molecular weight is 303 g/mol. The van der Waals surface area contributed by atoms with Gasteiger partial charge in [-0.25, -0.2) is 4.39 Å². The minimum absolute atomic E-state index is 0.0332. The van der Waals surface area contributed by atoms with Crippen LogP contribution in [0.15, 0.2) is 18.2 Å². The number of aryl methyl sites for hydroxylation is 1. The zero-order valence-corrected chi connectivity index (χ0v) is 12.6. The number of rotatable bonds is 1. The molecule has 0 radical (unpaired) electrons. The average Bonchev–Trinajstić information content (AvgIpc) is 2.81. The maximum atomic E-state index is 13.3. The lowest BCUT2D eigenvalue weighted by atomic mass is 10.1. The number of piperazine rings is 1. The third-order valence-electron chi connectivity index (χ3n) is 4.17. The van der Waals surface area contributed by atoms with E-state index in [2.05, 4.69) is 4.98 Å². The summed E-state index contributed by atoms with van der Waals surface area (Å²) in [5.41, 5.74) is 1.95. The minimum Gasteiger partial charge on any atom is -0.358 e. The van der Waals surface area contributed by atoms with Crippen LogP contribution in [-0.2, 0) is 4.79 Å². The molecule has 0 spiro atoms. The zero-order chi connectivity index (χ0) is 15.9. The third kappa shape index (κ3) is 2.45. The lowest BCUT2D eigenvalue weighted by Gasteiger charge is -2.34. The molecule has 1 N–H and O–H groups in total. The van der Waals surface area contributed by atoms with E-state index in [1.54, 1.807) is 15.9 Å². The van der Waals surface area contributed by atoms with E-state index < -0.39 is 0 Å². The molecule has 2 heterocycles. The summed E-state index contributed by atoms with van der Waals surface area (Å²) in [6.07, 6.45) is 0. The van der Waals surface area contributed by atoms with E-state index in [9.17, 15) is 14.0 Å². The van der Waals surface area contributed by atoms with Gasteiger partial charge < -0.3 is 14.8 Å². The molecule has 2 aromatic rings. The fourth-order valence-electron chi connectivity index (χ4n) is 2.96. The highest BCUT2D eigenvalue weighted by Gasteiger charge is 2.26. The molecule has 5 nitrogen and oxygen atoms in total. The van der Waals surface area contributed by atoms with Crippen molar-refractivity contribution in [3.8, 4) is 0 Å². The number of halogens is 1. The number of amides is 2. The predicted octanol–water partition coefficient (Wildman–Crippen LogP) is 1.92. The summed E-state index contributed by atoms with van der Waals surface area (Å²) in [6.45, 7) is 5.50. The van der Waals surface area contributed by atoms with Gasteiger partial charge in [-0.3, -0.25) is 9.59 Å². The number of H-pyrrole nitrogens is 1. The molecule has 22 heavy (non-hydrogen) atoms. The van der Waals surface area contributed by atoms with Gasteiger partial charge in [-0.2, -0.15) is 0 Å². The van der Waals surface area contributed by atoms with Gasteiger partial charge in [0.2, 0.25) is 5.91 Å². The van der Waals surface area contributed by atoms with E-state index in [4.69, 9.17) is 0 Å². The van der Waals surface area contributed by atoms with Gasteiger partial charge in [0.1, 0.15) is 5.82 Å². The second kappa shape index (κ2) is 5.44. The molecule has 0 aliphatic carbocycles. The Labute approximate surface area is 127 Å². The Morgan fingerprint density at radius 2 is 1.77 bits per heavy atom. The van der Waals surface area contributed by atoms with Crippen molar-refractivity contribution in [2.24, 2.45) is 0 Å². The molecule has 2 amide bonds. The van der Waals surface area contributed by atoms with E-state index in [1.807, 2.05) is 6.92 Å². The van der Waals surface area contributed by atoms with Crippen molar-refractivity contribution in [1.29, 1.82) is 0 Å². The van der Waals surface area contributed by atoms with Crippen LogP contribution in [0, 0.1) is 12.7 Å². The van der Waals surface area contributed by atoms with Crippen molar-refractivity contribution in [2.45, 2.75) is 13.8 Å². The van der Waals surface area contributed by atoms with E-state index in [0.717, 1.165) is 11.1 Å². The number of aromatic nitrogens is 1. The van der Waals surface area contributed by atoms with E-state index in [-0.39, 0.29) is 17.6 Å². The molecular formula is C16H18FN3O2. The maximum Gasteiger partial charge on any atom is 0.256 e. The SMILES string of the molecule is CC(=O)N1CCN(C(=O)c2c(C)[nH]c3cc(F)ccc23)CC1. The Bertz CT molecular complexity index is 745. The summed E-state index contributed by atoms with van der Waals surface area (Å²) < 4.78 is 13.3. The maximum absolute atomic E-state index is 13.3. The Balaban J connectivity index is 1.87. The molecule has 0 atom stereocenters. The smallest absolute Gasteiger partial charge is 0.256 e. The molecule has 0 saturated carbocycles. The van der Waals surface area contributed by atoms with Gasteiger partial charge in [0.25, 0.3) is 5.91 Å². The number of hydrogen-bond donors (Lipinski definition) is 1. The molecule has 1 saturated heterocycles. The molecule has 1 aliphatic heterocycles. The van der Waals surface area contributed by atoms with Crippen molar-refractivity contribution < 1.29 is 14.0 Å². The number of nitrogens with zero attached hydrogens (tertiary/aromatic N) is 2. The molecule has 3 rings (SSSR count). The fraction of sp³-hybridized carbons (Fsp3) is 0.375. The number of nitrogens with one attached hydrogen (secondary N) is 1. The monoisotopic (exact) mass is 303 g/mol. The Hall–Kier alpha value is -2.37. The van der Waals surface area contributed by atoms with E-state index in [1.165, 1.54) is 19.1 Å². The van der Waals surface area contributed by atoms with Crippen LogP contribution in [-0.4, -0.2) is 52.8 Å². The zero-order valence-electron chi connectivity index (χ0n) is 12.6. The van der Waals surface area contributed by atoms with Crippen molar-refractivity contribution in [3.05, 3.63) is 35.3 Å². The first-order valence-electron chi connectivity index (χ1n) is 7.30. The normalized spacial score (nSPS) is 15.4. The van der Waals surface area contributed by atoms with Crippen LogP contribution >= 0.6 is 0 Å². The van der Waals surface area contributed by atoms with Gasteiger partial charge in [0, 0.05) is 49.7 Å². The molecule has 0 bridgehead atoms. The van der Waals surface area contributed by atoms with Gasteiger partial charge in [0.15, 0.2) is 0 Å². The van der Waals surface area contributed by atoms with Crippen LogP contribution in [0.3, 0.4) is 0 Å². The summed E-state index contributed by atoms with van der Waals surface area (Å²) in [7, 11) is 0. The van der Waals surface area contributed by atoms with E-state index >= 15 is 0 Å².